The summed E-state index contributed by atoms with van der Waals surface area (Å²) in [6.45, 7) is 7.51. The molecule has 4 heteroatoms. The number of rotatable bonds is 7. The highest BCUT2D eigenvalue weighted by atomic mass is 16.1. The van der Waals surface area contributed by atoms with Crippen molar-refractivity contribution in [2.75, 3.05) is 17.2 Å². The number of nitrogens with two attached hydrogens (primary N) is 2. The van der Waals surface area contributed by atoms with E-state index in [4.69, 9.17) is 11.5 Å². The number of primary amides is 1. The van der Waals surface area contributed by atoms with Gasteiger partial charge in [0.05, 0.1) is 11.4 Å². The topological polar surface area (TPSA) is 72.3 Å². The largest absolute Gasteiger partial charge is 0.397 e. The second kappa shape index (κ2) is 7.02. The first kappa shape index (κ1) is 15.3. The lowest BCUT2D eigenvalue weighted by atomic mass is 10.1. The Hall–Kier alpha value is -1.71. The predicted octanol–water partition coefficient (Wildman–Crippen LogP) is 2.77. The number of nitrogen functional groups attached to an aromatic ring is 1. The first-order valence-corrected chi connectivity index (χ1v) is 6.97. The molecule has 106 valence electrons. The number of amides is 1. The van der Waals surface area contributed by atoms with Crippen LogP contribution in [0, 0.1) is 0 Å². The Morgan fingerprint density at radius 1 is 1.37 bits per heavy atom. The van der Waals surface area contributed by atoms with Gasteiger partial charge in [-0.3, -0.25) is 4.79 Å². The molecule has 0 fully saturated rings. The fraction of sp³-hybridized carbons (Fsp3) is 0.533. The fourth-order valence-corrected chi connectivity index (χ4v) is 2.10. The molecular formula is C15H25N3O. The van der Waals surface area contributed by atoms with Gasteiger partial charge in [0.15, 0.2) is 0 Å². The molecule has 1 unspecified atom stereocenters. The second-order valence-corrected chi connectivity index (χ2v) is 4.94. The molecule has 1 aromatic rings. The number of carbonyl (C=O) groups is 1. The van der Waals surface area contributed by atoms with E-state index < -0.39 is 5.91 Å². The number of benzene rings is 1. The molecule has 0 spiro atoms. The fourth-order valence-electron chi connectivity index (χ4n) is 2.10. The van der Waals surface area contributed by atoms with Gasteiger partial charge in [-0.1, -0.05) is 20.3 Å². The van der Waals surface area contributed by atoms with E-state index in [2.05, 4.69) is 25.7 Å². The molecule has 0 aromatic heterocycles. The molecule has 0 heterocycles. The summed E-state index contributed by atoms with van der Waals surface area (Å²) in [6.07, 6.45) is 3.33. The Bertz CT molecular complexity index is 431. The van der Waals surface area contributed by atoms with Crippen molar-refractivity contribution in [3.63, 3.8) is 0 Å². The quantitative estimate of drug-likeness (QED) is 0.743. The van der Waals surface area contributed by atoms with Crippen molar-refractivity contribution in [3.8, 4) is 0 Å². The van der Waals surface area contributed by atoms with E-state index in [0.29, 0.717) is 17.3 Å². The first-order chi connectivity index (χ1) is 9.01. The molecule has 0 aliphatic heterocycles. The molecule has 19 heavy (non-hydrogen) atoms. The van der Waals surface area contributed by atoms with Gasteiger partial charge in [0, 0.05) is 18.2 Å². The van der Waals surface area contributed by atoms with Gasteiger partial charge in [0.25, 0.3) is 0 Å². The summed E-state index contributed by atoms with van der Waals surface area (Å²) >= 11 is 0. The Balaban J connectivity index is 3.04. The van der Waals surface area contributed by atoms with Gasteiger partial charge < -0.3 is 16.4 Å². The van der Waals surface area contributed by atoms with E-state index >= 15 is 0 Å². The number of anilines is 2. The van der Waals surface area contributed by atoms with Crippen molar-refractivity contribution in [2.24, 2.45) is 5.73 Å². The van der Waals surface area contributed by atoms with Crippen molar-refractivity contribution in [3.05, 3.63) is 23.8 Å². The van der Waals surface area contributed by atoms with Crippen LogP contribution in [0.3, 0.4) is 0 Å². The third-order valence-corrected chi connectivity index (χ3v) is 3.50. The summed E-state index contributed by atoms with van der Waals surface area (Å²) in [5.74, 6) is -0.443. The average Bonchev–Trinajstić information content (AvgIpc) is 2.39. The minimum Gasteiger partial charge on any atom is -0.397 e. The van der Waals surface area contributed by atoms with Crippen LogP contribution in [0.25, 0.3) is 0 Å². The molecule has 1 atom stereocenters. The van der Waals surface area contributed by atoms with Gasteiger partial charge in [-0.25, -0.2) is 0 Å². The van der Waals surface area contributed by atoms with E-state index in [1.54, 1.807) is 12.1 Å². The van der Waals surface area contributed by atoms with Crippen LogP contribution in [-0.2, 0) is 0 Å². The van der Waals surface area contributed by atoms with Gasteiger partial charge in [-0.05, 0) is 38.0 Å². The Morgan fingerprint density at radius 2 is 2.05 bits per heavy atom. The maximum Gasteiger partial charge on any atom is 0.248 e. The Labute approximate surface area is 115 Å². The number of hydrogen-bond acceptors (Lipinski definition) is 3. The van der Waals surface area contributed by atoms with E-state index in [1.807, 2.05) is 6.07 Å². The summed E-state index contributed by atoms with van der Waals surface area (Å²) < 4.78 is 0. The van der Waals surface area contributed by atoms with Gasteiger partial charge in [0.2, 0.25) is 5.91 Å². The lowest BCUT2D eigenvalue weighted by Crippen LogP contribution is -2.34. The van der Waals surface area contributed by atoms with Crippen LogP contribution in [0.15, 0.2) is 18.2 Å². The minimum atomic E-state index is -0.443. The SMILES string of the molecule is CCCCN(c1ccc(C(N)=O)cc1N)C(C)CC. The lowest BCUT2D eigenvalue weighted by Gasteiger charge is -2.32. The third kappa shape index (κ3) is 3.88. The maximum atomic E-state index is 11.1. The van der Waals surface area contributed by atoms with E-state index in [-0.39, 0.29) is 0 Å². The molecule has 0 saturated heterocycles. The van der Waals surface area contributed by atoms with Crippen molar-refractivity contribution >= 4 is 17.3 Å². The number of unbranched alkanes of at least 4 members (excludes halogenated alkanes) is 1. The third-order valence-electron chi connectivity index (χ3n) is 3.50. The Kier molecular flexibility index (Phi) is 5.67. The minimum absolute atomic E-state index is 0.424. The van der Waals surface area contributed by atoms with Crippen LogP contribution in [-0.4, -0.2) is 18.5 Å². The predicted molar refractivity (Wildman–Crippen MR) is 81.4 cm³/mol. The standard InChI is InChI=1S/C15H25N3O/c1-4-6-9-18(11(3)5-2)14-8-7-12(15(17)19)10-13(14)16/h7-8,10-11H,4-6,9,16H2,1-3H3,(H2,17,19). The lowest BCUT2D eigenvalue weighted by molar-refractivity contribution is 0.100. The van der Waals surface area contributed by atoms with Crippen LogP contribution in [0.2, 0.25) is 0 Å². The molecule has 1 aromatic carbocycles. The zero-order valence-corrected chi connectivity index (χ0v) is 12.1. The number of hydrogen-bond donors (Lipinski definition) is 2. The summed E-state index contributed by atoms with van der Waals surface area (Å²) in [7, 11) is 0. The summed E-state index contributed by atoms with van der Waals surface area (Å²) in [5.41, 5.74) is 13.4. The molecule has 4 nitrogen and oxygen atoms in total. The highest BCUT2D eigenvalue weighted by Gasteiger charge is 2.16. The smallest absolute Gasteiger partial charge is 0.248 e. The molecule has 0 radical (unpaired) electrons. The molecule has 1 amide bonds. The van der Waals surface area contributed by atoms with Crippen LogP contribution < -0.4 is 16.4 Å². The van der Waals surface area contributed by atoms with Gasteiger partial charge in [0.1, 0.15) is 0 Å². The molecule has 1 rings (SSSR count). The van der Waals surface area contributed by atoms with Crippen LogP contribution in [0.4, 0.5) is 11.4 Å². The Morgan fingerprint density at radius 3 is 2.53 bits per heavy atom. The van der Waals surface area contributed by atoms with Gasteiger partial charge in [-0.2, -0.15) is 0 Å². The van der Waals surface area contributed by atoms with Crippen molar-refractivity contribution < 1.29 is 4.79 Å². The zero-order chi connectivity index (χ0) is 14.4. The number of carbonyl (C=O) groups excluding carboxylic acids is 1. The monoisotopic (exact) mass is 263 g/mol. The van der Waals surface area contributed by atoms with E-state index in [9.17, 15) is 4.79 Å². The maximum absolute atomic E-state index is 11.1. The summed E-state index contributed by atoms with van der Waals surface area (Å²) in [4.78, 5) is 13.5. The molecule has 0 aliphatic rings. The van der Waals surface area contributed by atoms with Crippen molar-refractivity contribution in [1.82, 2.24) is 0 Å². The normalized spacial score (nSPS) is 12.2. The van der Waals surface area contributed by atoms with E-state index in [0.717, 1.165) is 31.5 Å². The van der Waals surface area contributed by atoms with Crippen molar-refractivity contribution in [1.29, 1.82) is 0 Å². The highest BCUT2D eigenvalue weighted by Crippen LogP contribution is 2.27. The van der Waals surface area contributed by atoms with Gasteiger partial charge in [-0.15, -0.1) is 0 Å². The molecule has 0 saturated carbocycles. The molecule has 0 aliphatic carbocycles. The number of nitrogens with zero attached hydrogens (tertiary/aromatic N) is 1. The summed E-state index contributed by atoms with van der Waals surface area (Å²) in [6, 6.07) is 5.74. The van der Waals surface area contributed by atoms with Crippen molar-refractivity contribution in [2.45, 2.75) is 46.1 Å². The molecule has 4 N–H and O–H groups in total. The van der Waals surface area contributed by atoms with Crippen LogP contribution in [0.1, 0.15) is 50.4 Å². The second-order valence-electron chi connectivity index (χ2n) is 4.94. The average molecular weight is 263 g/mol. The van der Waals surface area contributed by atoms with Crippen LogP contribution in [0.5, 0.6) is 0 Å². The van der Waals surface area contributed by atoms with E-state index in [1.165, 1.54) is 0 Å². The first-order valence-electron chi connectivity index (χ1n) is 6.97. The zero-order valence-electron chi connectivity index (χ0n) is 12.1. The highest BCUT2D eigenvalue weighted by molar-refractivity contribution is 5.94. The molecule has 0 bridgehead atoms. The van der Waals surface area contributed by atoms with Gasteiger partial charge >= 0.3 is 0 Å². The summed E-state index contributed by atoms with van der Waals surface area (Å²) in [5, 5.41) is 0. The molecular weight excluding hydrogens is 238 g/mol. The van der Waals surface area contributed by atoms with Crippen LogP contribution >= 0.6 is 0 Å².